The maximum atomic E-state index is 13.5. The lowest BCUT2D eigenvalue weighted by Crippen LogP contribution is -2.50. The quantitative estimate of drug-likeness (QED) is 0.313. The molecule has 3 atom stereocenters. The highest BCUT2D eigenvalue weighted by atomic mass is 16.5. The highest BCUT2D eigenvalue weighted by molar-refractivity contribution is 6.51. The van der Waals surface area contributed by atoms with Crippen LogP contribution in [-0.2, 0) is 32.0 Å². The van der Waals surface area contributed by atoms with Crippen LogP contribution in [0.25, 0.3) is 0 Å². The fraction of sp³-hybridized carbons (Fsp3) is 0.483. The number of carbonyl (C=O) groups is 3. The molecule has 2 amide bonds. The third kappa shape index (κ3) is 10.1. The van der Waals surface area contributed by atoms with Crippen LogP contribution >= 0.6 is 0 Å². The van der Waals surface area contributed by atoms with Gasteiger partial charge in [0.25, 0.3) is 0 Å². The molecule has 0 aliphatic carbocycles. The van der Waals surface area contributed by atoms with Crippen molar-refractivity contribution in [1.82, 2.24) is 15.5 Å². The lowest BCUT2D eigenvalue weighted by molar-refractivity contribution is -0.132. The van der Waals surface area contributed by atoms with Gasteiger partial charge in [-0.2, -0.15) is 0 Å². The summed E-state index contributed by atoms with van der Waals surface area (Å²) in [6.07, 6.45) is 0.740. The molecule has 39 heavy (non-hydrogen) atoms. The predicted octanol–water partition coefficient (Wildman–Crippen LogP) is 1.53. The average Bonchev–Trinajstić information content (AvgIpc) is 2.93. The number of hydrogen-bond donors (Lipinski definition) is 3. The molecule has 1 heterocycles. The summed E-state index contributed by atoms with van der Waals surface area (Å²) in [7, 11) is 1.58. The monoisotopic (exact) mass is 537 g/mol. The molecule has 10 heteroatoms. The van der Waals surface area contributed by atoms with Crippen molar-refractivity contribution in [2.75, 3.05) is 40.0 Å². The second-order valence-corrected chi connectivity index (χ2v) is 10.1. The number of nitrogens with zero attached hydrogens (tertiary/aromatic N) is 1. The minimum absolute atomic E-state index is 0.0469. The predicted molar refractivity (Wildman–Crippen MR) is 151 cm³/mol. The van der Waals surface area contributed by atoms with E-state index in [1.165, 1.54) is 0 Å². The molecule has 1 aliphatic rings. The molecule has 3 N–H and O–H groups in total. The Morgan fingerprint density at radius 3 is 2.26 bits per heavy atom. The first-order valence-corrected chi connectivity index (χ1v) is 13.5. The van der Waals surface area contributed by atoms with Gasteiger partial charge in [0.1, 0.15) is 5.75 Å². The topological polar surface area (TPSA) is 117 Å². The van der Waals surface area contributed by atoms with Gasteiger partial charge in [-0.05, 0) is 43.0 Å². The van der Waals surface area contributed by atoms with Crippen molar-refractivity contribution in [1.29, 1.82) is 0 Å². The van der Waals surface area contributed by atoms with E-state index in [0.717, 1.165) is 11.1 Å². The van der Waals surface area contributed by atoms with E-state index < -0.39 is 24.8 Å². The zero-order valence-electron chi connectivity index (χ0n) is 23.1. The van der Waals surface area contributed by atoms with Gasteiger partial charge in [0.15, 0.2) is 5.78 Å². The van der Waals surface area contributed by atoms with Gasteiger partial charge in [0, 0.05) is 31.4 Å². The van der Waals surface area contributed by atoms with E-state index in [4.69, 9.17) is 9.47 Å². The number of morpholine rings is 1. The molecule has 9 nitrogen and oxygen atoms in total. The summed E-state index contributed by atoms with van der Waals surface area (Å²) in [6, 6.07) is 16.3. The highest BCUT2D eigenvalue weighted by Gasteiger charge is 2.30. The van der Waals surface area contributed by atoms with Gasteiger partial charge in [-0.3, -0.25) is 19.3 Å². The molecule has 0 saturated carbocycles. The maximum Gasteiger partial charge on any atom is 0.309 e. The minimum atomic E-state index is -0.787. The first kappa shape index (κ1) is 30.3. The van der Waals surface area contributed by atoms with Crippen LogP contribution in [0.1, 0.15) is 24.5 Å². The van der Waals surface area contributed by atoms with E-state index in [1.807, 2.05) is 59.5 Å². The standard InChI is InChI=1S/C29H40BN3O6/c1-21(31-28(35)20-33-13-15-39-16-14-33)26(34)19-24(17-23-9-11-25(38-3)12-10-23)29(36)32-27(30(2)37)18-22-7-5-4-6-8-22/h4-12,21,24,27,37H,13-20H2,1-3H3,(H,31,35)(H,32,36)/t21-,24+,27-/m0/s1. The Bertz CT molecular complexity index is 1060. The fourth-order valence-corrected chi connectivity index (χ4v) is 4.56. The van der Waals surface area contributed by atoms with Crippen LogP contribution in [-0.4, -0.2) is 86.4 Å². The second kappa shape index (κ2) is 15.4. The number of Topliss-reactive ketones (excluding diaryl/α,β-unsaturated/α-hetero) is 1. The molecule has 2 aromatic carbocycles. The summed E-state index contributed by atoms with van der Waals surface area (Å²) in [5.74, 6) is -1.26. The molecule has 0 unspecified atom stereocenters. The Balaban J connectivity index is 1.67. The number of nitrogens with one attached hydrogen (secondary N) is 2. The Labute approximate surface area is 231 Å². The van der Waals surface area contributed by atoms with E-state index in [9.17, 15) is 19.4 Å². The summed E-state index contributed by atoms with van der Waals surface area (Å²) in [5.41, 5.74) is 1.87. The van der Waals surface area contributed by atoms with Gasteiger partial charge in [-0.25, -0.2) is 0 Å². The summed E-state index contributed by atoms with van der Waals surface area (Å²) in [5, 5.41) is 16.2. The summed E-state index contributed by atoms with van der Waals surface area (Å²) < 4.78 is 10.5. The fourth-order valence-electron chi connectivity index (χ4n) is 4.56. The van der Waals surface area contributed by atoms with Crippen LogP contribution in [0.2, 0.25) is 6.82 Å². The van der Waals surface area contributed by atoms with Crippen molar-refractivity contribution < 1.29 is 28.9 Å². The van der Waals surface area contributed by atoms with Gasteiger partial charge in [0.05, 0.1) is 32.9 Å². The van der Waals surface area contributed by atoms with E-state index >= 15 is 0 Å². The van der Waals surface area contributed by atoms with Crippen LogP contribution in [0.5, 0.6) is 5.75 Å². The summed E-state index contributed by atoms with van der Waals surface area (Å²) >= 11 is 0. The van der Waals surface area contributed by atoms with Crippen LogP contribution < -0.4 is 15.4 Å². The molecule has 0 aromatic heterocycles. The SMILES string of the molecule is COc1ccc(C[C@H](CC(=O)[C@H](C)NC(=O)CN2CCOCC2)C(=O)N[C@@H](Cc2ccccc2)B(C)O)cc1. The lowest BCUT2D eigenvalue weighted by atomic mass is 9.61. The Hall–Kier alpha value is -3.21. The molecule has 0 spiro atoms. The Kier molecular flexibility index (Phi) is 12.0. The Morgan fingerprint density at radius 1 is 1.00 bits per heavy atom. The zero-order chi connectivity index (χ0) is 28.2. The molecule has 1 fully saturated rings. The number of benzene rings is 2. The molecule has 3 rings (SSSR count). The van der Waals surface area contributed by atoms with Gasteiger partial charge in [-0.15, -0.1) is 0 Å². The third-order valence-electron chi connectivity index (χ3n) is 7.00. The number of ketones is 1. The van der Waals surface area contributed by atoms with E-state index in [1.54, 1.807) is 20.9 Å². The lowest BCUT2D eigenvalue weighted by Gasteiger charge is -2.27. The second-order valence-electron chi connectivity index (χ2n) is 10.1. The molecular weight excluding hydrogens is 497 g/mol. The molecule has 210 valence electrons. The average molecular weight is 537 g/mol. The van der Waals surface area contributed by atoms with Crippen LogP contribution in [0.15, 0.2) is 54.6 Å². The number of amides is 2. The van der Waals surface area contributed by atoms with Crippen LogP contribution in [0, 0.1) is 5.92 Å². The summed E-state index contributed by atoms with van der Waals surface area (Å²) in [6.45, 7) is 5.22. The first-order chi connectivity index (χ1) is 18.7. The first-order valence-electron chi connectivity index (χ1n) is 13.5. The van der Waals surface area contributed by atoms with Crippen molar-refractivity contribution in [2.45, 2.75) is 45.0 Å². The molecule has 2 aromatic rings. The highest BCUT2D eigenvalue weighted by Crippen LogP contribution is 2.19. The molecule has 1 saturated heterocycles. The minimum Gasteiger partial charge on any atom is -0.497 e. The molecule has 0 bridgehead atoms. The molecule has 0 radical (unpaired) electrons. The van der Waals surface area contributed by atoms with Gasteiger partial charge in [0.2, 0.25) is 11.8 Å². The van der Waals surface area contributed by atoms with Crippen molar-refractivity contribution in [3.63, 3.8) is 0 Å². The van der Waals surface area contributed by atoms with Gasteiger partial charge < -0.3 is 25.1 Å². The van der Waals surface area contributed by atoms with E-state index in [2.05, 4.69) is 10.6 Å². The number of methoxy groups -OCH3 is 1. The number of carbonyl (C=O) groups excluding carboxylic acids is 3. The Morgan fingerprint density at radius 2 is 1.64 bits per heavy atom. The van der Waals surface area contributed by atoms with Crippen molar-refractivity contribution in [3.8, 4) is 5.75 Å². The molecular formula is C29H40BN3O6. The van der Waals surface area contributed by atoms with Crippen molar-refractivity contribution >= 4 is 24.5 Å². The normalized spacial score (nSPS) is 16.0. The van der Waals surface area contributed by atoms with Crippen molar-refractivity contribution in [2.24, 2.45) is 5.92 Å². The number of hydrogen-bond acceptors (Lipinski definition) is 7. The molecule has 1 aliphatic heterocycles. The number of ether oxygens (including phenoxy) is 2. The van der Waals surface area contributed by atoms with Crippen molar-refractivity contribution in [3.05, 3.63) is 65.7 Å². The maximum absolute atomic E-state index is 13.5. The van der Waals surface area contributed by atoms with Gasteiger partial charge in [-0.1, -0.05) is 49.3 Å². The zero-order valence-corrected chi connectivity index (χ0v) is 23.1. The largest absolute Gasteiger partial charge is 0.497 e. The van der Waals surface area contributed by atoms with E-state index in [-0.39, 0.29) is 30.6 Å². The smallest absolute Gasteiger partial charge is 0.309 e. The van der Waals surface area contributed by atoms with Crippen LogP contribution in [0.3, 0.4) is 0 Å². The third-order valence-corrected chi connectivity index (χ3v) is 7.00. The van der Waals surface area contributed by atoms with Crippen LogP contribution in [0.4, 0.5) is 0 Å². The summed E-state index contributed by atoms with van der Waals surface area (Å²) in [4.78, 5) is 41.2. The number of rotatable bonds is 14. The van der Waals surface area contributed by atoms with Gasteiger partial charge >= 0.3 is 6.92 Å². The van der Waals surface area contributed by atoms with E-state index in [0.29, 0.717) is 44.9 Å².